The lowest BCUT2D eigenvalue weighted by Crippen LogP contribution is -1.95. The van der Waals surface area contributed by atoms with Gasteiger partial charge in [0.2, 0.25) is 0 Å². The highest BCUT2D eigenvalue weighted by Gasteiger charge is 2.30. The van der Waals surface area contributed by atoms with Crippen LogP contribution in [0.3, 0.4) is 0 Å². The van der Waals surface area contributed by atoms with Gasteiger partial charge in [-0.1, -0.05) is 48.0 Å². The van der Waals surface area contributed by atoms with Gasteiger partial charge in [-0.15, -0.1) is 11.6 Å². The molecule has 0 spiro atoms. The number of halogens is 2. The highest BCUT2D eigenvalue weighted by molar-refractivity contribution is 6.30. The van der Waals surface area contributed by atoms with E-state index in [0.29, 0.717) is 5.92 Å². The maximum absolute atomic E-state index is 6.39. The maximum Gasteiger partial charge on any atom is 0.0597 e. The molecule has 0 aromatic heterocycles. The predicted molar refractivity (Wildman–Crippen MR) is 72.9 cm³/mol. The van der Waals surface area contributed by atoms with Gasteiger partial charge in [-0.2, -0.15) is 0 Å². The van der Waals surface area contributed by atoms with E-state index < -0.39 is 0 Å². The first-order valence-electron chi connectivity index (χ1n) is 5.74. The van der Waals surface area contributed by atoms with Crippen molar-refractivity contribution in [3.05, 3.63) is 70.2 Å². The van der Waals surface area contributed by atoms with Crippen LogP contribution in [0.1, 0.15) is 34.4 Å². The fourth-order valence-electron chi connectivity index (χ4n) is 2.61. The van der Waals surface area contributed by atoms with Crippen molar-refractivity contribution in [2.24, 2.45) is 0 Å². The quantitative estimate of drug-likeness (QED) is 0.624. The summed E-state index contributed by atoms with van der Waals surface area (Å²) in [5.41, 5.74) is 3.86. The molecule has 17 heavy (non-hydrogen) atoms. The molecule has 86 valence electrons. The summed E-state index contributed by atoms with van der Waals surface area (Å²) >= 11 is 12.4. The molecule has 0 saturated heterocycles. The highest BCUT2D eigenvalue weighted by atomic mass is 35.5. The highest BCUT2D eigenvalue weighted by Crippen LogP contribution is 2.47. The first-order chi connectivity index (χ1) is 8.25. The minimum Gasteiger partial charge on any atom is -0.118 e. The number of rotatable bonds is 1. The average Bonchev–Trinajstić information content (AvgIpc) is 2.68. The summed E-state index contributed by atoms with van der Waals surface area (Å²) < 4.78 is 0. The van der Waals surface area contributed by atoms with Gasteiger partial charge < -0.3 is 0 Å². The van der Waals surface area contributed by atoms with Crippen molar-refractivity contribution in [1.29, 1.82) is 0 Å². The van der Waals surface area contributed by atoms with E-state index in [-0.39, 0.29) is 5.38 Å². The fourth-order valence-corrected chi connectivity index (χ4v) is 3.19. The monoisotopic (exact) mass is 262 g/mol. The fraction of sp³-hybridized carbons (Fsp3) is 0.200. The molecule has 2 atom stereocenters. The molecule has 0 aliphatic heterocycles. The molecule has 2 aromatic carbocycles. The standard InChI is InChI=1S/C15H12Cl2/c16-11-5-3-4-10(8-11)14-9-15(17)13-7-2-1-6-12(13)14/h1-8,14-15H,9H2/t14-,15-/m0/s1. The second-order valence-electron chi connectivity index (χ2n) is 4.44. The summed E-state index contributed by atoms with van der Waals surface area (Å²) in [6.45, 7) is 0. The second-order valence-corrected chi connectivity index (χ2v) is 5.40. The van der Waals surface area contributed by atoms with Crippen molar-refractivity contribution in [1.82, 2.24) is 0 Å². The van der Waals surface area contributed by atoms with Crippen molar-refractivity contribution in [2.45, 2.75) is 17.7 Å². The Kier molecular flexibility index (Phi) is 2.85. The summed E-state index contributed by atoms with van der Waals surface area (Å²) in [5.74, 6) is 0.382. The number of hydrogen-bond acceptors (Lipinski definition) is 0. The molecule has 3 rings (SSSR count). The van der Waals surface area contributed by atoms with Crippen LogP contribution in [0, 0.1) is 0 Å². The summed E-state index contributed by atoms with van der Waals surface area (Å²) in [4.78, 5) is 0. The lowest BCUT2D eigenvalue weighted by atomic mass is 9.93. The molecular weight excluding hydrogens is 251 g/mol. The third-order valence-electron chi connectivity index (χ3n) is 3.40. The van der Waals surface area contributed by atoms with Gasteiger partial charge in [0.15, 0.2) is 0 Å². The van der Waals surface area contributed by atoms with Crippen molar-refractivity contribution in [3.63, 3.8) is 0 Å². The third kappa shape index (κ3) is 1.96. The van der Waals surface area contributed by atoms with E-state index in [4.69, 9.17) is 23.2 Å². The van der Waals surface area contributed by atoms with Gasteiger partial charge in [-0.25, -0.2) is 0 Å². The van der Waals surface area contributed by atoms with Crippen LogP contribution in [-0.2, 0) is 0 Å². The Labute approximate surface area is 111 Å². The van der Waals surface area contributed by atoms with Gasteiger partial charge in [-0.3, -0.25) is 0 Å². The van der Waals surface area contributed by atoms with Crippen LogP contribution >= 0.6 is 23.2 Å². The zero-order chi connectivity index (χ0) is 11.8. The van der Waals surface area contributed by atoms with Gasteiger partial charge >= 0.3 is 0 Å². The molecule has 0 unspecified atom stereocenters. The SMILES string of the molecule is Clc1cccc([C@@H]2C[C@H](Cl)c3ccccc32)c1. The largest absolute Gasteiger partial charge is 0.118 e. The van der Waals surface area contributed by atoms with E-state index in [2.05, 4.69) is 30.3 Å². The molecule has 2 aromatic rings. The van der Waals surface area contributed by atoms with Crippen LogP contribution in [-0.4, -0.2) is 0 Å². The van der Waals surface area contributed by atoms with Crippen molar-refractivity contribution < 1.29 is 0 Å². The summed E-state index contributed by atoms with van der Waals surface area (Å²) in [5, 5.41) is 0.910. The average molecular weight is 263 g/mol. The first-order valence-corrected chi connectivity index (χ1v) is 6.55. The van der Waals surface area contributed by atoms with E-state index in [9.17, 15) is 0 Å². The van der Waals surface area contributed by atoms with Gasteiger partial charge in [0.05, 0.1) is 5.38 Å². The molecule has 1 aliphatic rings. The Morgan fingerprint density at radius 3 is 2.47 bits per heavy atom. The lowest BCUT2D eigenvalue weighted by molar-refractivity contribution is 0.771. The van der Waals surface area contributed by atoms with E-state index in [1.807, 2.05) is 18.2 Å². The van der Waals surface area contributed by atoms with Gasteiger partial charge in [0.25, 0.3) is 0 Å². The molecule has 0 nitrogen and oxygen atoms in total. The lowest BCUT2D eigenvalue weighted by Gasteiger charge is -2.12. The number of fused-ring (bicyclic) bond motifs is 1. The Balaban J connectivity index is 2.07. The predicted octanol–water partition coefficient (Wildman–Crippen LogP) is 5.16. The van der Waals surface area contributed by atoms with Crippen molar-refractivity contribution in [2.75, 3.05) is 0 Å². The van der Waals surface area contributed by atoms with Crippen molar-refractivity contribution in [3.8, 4) is 0 Å². The molecule has 0 fully saturated rings. The van der Waals surface area contributed by atoms with Gasteiger partial charge in [0.1, 0.15) is 0 Å². The Hall–Kier alpha value is -0.980. The molecule has 0 radical (unpaired) electrons. The van der Waals surface area contributed by atoms with E-state index >= 15 is 0 Å². The Morgan fingerprint density at radius 1 is 0.941 bits per heavy atom. The van der Waals surface area contributed by atoms with Crippen LogP contribution < -0.4 is 0 Å². The molecule has 0 amide bonds. The maximum atomic E-state index is 6.39. The van der Waals surface area contributed by atoms with Crippen molar-refractivity contribution >= 4 is 23.2 Å². The van der Waals surface area contributed by atoms with Crippen LogP contribution in [0.4, 0.5) is 0 Å². The number of benzene rings is 2. The molecule has 2 heteroatoms. The zero-order valence-corrected chi connectivity index (χ0v) is 10.7. The van der Waals surface area contributed by atoms with Crippen LogP contribution in [0.25, 0.3) is 0 Å². The summed E-state index contributed by atoms with van der Waals surface area (Å²) in [6.07, 6.45) is 0.960. The first kappa shape index (κ1) is 11.1. The van der Waals surface area contributed by atoms with Crippen LogP contribution in [0.2, 0.25) is 5.02 Å². The summed E-state index contributed by atoms with van der Waals surface area (Å²) in [7, 11) is 0. The van der Waals surface area contributed by atoms with Gasteiger partial charge in [-0.05, 0) is 35.2 Å². The minimum atomic E-state index is 0.121. The number of alkyl halides is 1. The van der Waals surface area contributed by atoms with E-state index in [0.717, 1.165) is 11.4 Å². The third-order valence-corrected chi connectivity index (χ3v) is 4.05. The second kappa shape index (κ2) is 4.36. The molecule has 0 saturated carbocycles. The van der Waals surface area contributed by atoms with E-state index in [1.54, 1.807) is 0 Å². The molecule has 1 aliphatic carbocycles. The Morgan fingerprint density at radius 2 is 1.71 bits per heavy atom. The molecular formula is C15H12Cl2. The summed E-state index contributed by atoms with van der Waals surface area (Å²) in [6, 6.07) is 16.5. The number of hydrogen-bond donors (Lipinski definition) is 0. The Bertz CT molecular complexity index is 548. The molecule has 0 N–H and O–H groups in total. The normalized spacial score (nSPS) is 22.5. The smallest absolute Gasteiger partial charge is 0.0597 e. The molecule has 0 heterocycles. The molecule has 0 bridgehead atoms. The topological polar surface area (TPSA) is 0 Å². The van der Waals surface area contributed by atoms with Crippen LogP contribution in [0.15, 0.2) is 48.5 Å². The van der Waals surface area contributed by atoms with Crippen LogP contribution in [0.5, 0.6) is 0 Å². The minimum absolute atomic E-state index is 0.121. The van der Waals surface area contributed by atoms with Gasteiger partial charge in [0, 0.05) is 10.9 Å². The zero-order valence-electron chi connectivity index (χ0n) is 9.24. The van der Waals surface area contributed by atoms with E-state index in [1.165, 1.54) is 16.7 Å².